The van der Waals surface area contributed by atoms with E-state index >= 15 is 0 Å². The van der Waals surface area contributed by atoms with Crippen LogP contribution in [-0.4, -0.2) is 11.1 Å². The van der Waals surface area contributed by atoms with Gasteiger partial charge in [-0.3, -0.25) is 0 Å². The van der Waals surface area contributed by atoms with Crippen LogP contribution in [0.25, 0.3) is 0 Å². The Kier molecular flexibility index (Phi) is 2.70. The van der Waals surface area contributed by atoms with Crippen LogP contribution in [0.3, 0.4) is 0 Å². The molecule has 0 aliphatic heterocycles. The van der Waals surface area contributed by atoms with E-state index in [9.17, 15) is 4.79 Å². The van der Waals surface area contributed by atoms with Crippen LogP contribution in [0.1, 0.15) is 25.7 Å². The highest BCUT2D eigenvalue weighted by Gasteiger charge is 2.21. The number of halogens is 1. The molecule has 0 N–H and O–H groups in total. The van der Waals surface area contributed by atoms with Crippen molar-refractivity contribution in [3.63, 3.8) is 0 Å². The molecular formula is C7H11BrO. The molecule has 1 aliphatic rings. The van der Waals surface area contributed by atoms with Crippen LogP contribution in [0, 0.1) is 5.92 Å². The Morgan fingerprint density at radius 1 is 1.44 bits per heavy atom. The molecule has 0 spiro atoms. The zero-order chi connectivity index (χ0) is 6.69. The Labute approximate surface area is 64.0 Å². The summed E-state index contributed by atoms with van der Waals surface area (Å²) in [5.41, 5.74) is 0. The first-order valence-electron chi connectivity index (χ1n) is 3.44. The molecule has 1 atom stereocenters. The van der Waals surface area contributed by atoms with Crippen molar-refractivity contribution in [1.29, 1.82) is 0 Å². The topological polar surface area (TPSA) is 17.1 Å². The highest BCUT2D eigenvalue weighted by molar-refractivity contribution is 9.09. The minimum absolute atomic E-state index is 0.125. The third-order valence-electron chi connectivity index (χ3n) is 1.98. The van der Waals surface area contributed by atoms with E-state index in [1.54, 1.807) is 0 Å². The van der Waals surface area contributed by atoms with E-state index < -0.39 is 0 Å². The number of carbonyl (C=O) groups excluding carboxylic acids is 1. The predicted molar refractivity (Wildman–Crippen MR) is 40.7 cm³/mol. The summed E-state index contributed by atoms with van der Waals surface area (Å²) in [7, 11) is 0. The number of aldehydes is 1. The van der Waals surface area contributed by atoms with E-state index in [1.165, 1.54) is 25.7 Å². The Balaban J connectivity index is 2.32. The highest BCUT2D eigenvalue weighted by atomic mass is 79.9. The van der Waals surface area contributed by atoms with E-state index in [1.807, 2.05) is 0 Å². The normalized spacial score (nSPS) is 24.1. The van der Waals surface area contributed by atoms with Crippen LogP contribution in [-0.2, 0) is 4.79 Å². The molecule has 9 heavy (non-hydrogen) atoms. The number of rotatable bonds is 2. The zero-order valence-electron chi connectivity index (χ0n) is 5.35. The lowest BCUT2D eigenvalue weighted by molar-refractivity contribution is -0.108. The monoisotopic (exact) mass is 190 g/mol. The van der Waals surface area contributed by atoms with Gasteiger partial charge < -0.3 is 4.79 Å². The number of hydrogen-bond donors (Lipinski definition) is 0. The fourth-order valence-electron chi connectivity index (χ4n) is 1.39. The molecule has 0 bridgehead atoms. The van der Waals surface area contributed by atoms with Gasteiger partial charge in [0.15, 0.2) is 0 Å². The lowest BCUT2D eigenvalue weighted by Gasteiger charge is -2.08. The minimum Gasteiger partial charge on any atom is -0.302 e. The molecule has 0 saturated heterocycles. The first kappa shape index (κ1) is 7.26. The third kappa shape index (κ3) is 1.78. The molecule has 1 aliphatic carbocycles. The first-order chi connectivity index (χ1) is 4.34. The zero-order valence-corrected chi connectivity index (χ0v) is 6.93. The molecule has 0 radical (unpaired) electrons. The Morgan fingerprint density at radius 2 is 2.00 bits per heavy atom. The Morgan fingerprint density at radius 3 is 2.44 bits per heavy atom. The van der Waals surface area contributed by atoms with Crippen molar-refractivity contribution in [3.05, 3.63) is 0 Å². The number of hydrogen-bond acceptors (Lipinski definition) is 1. The molecular weight excluding hydrogens is 180 g/mol. The third-order valence-corrected chi connectivity index (χ3v) is 2.94. The smallest absolute Gasteiger partial charge is 0.133 e. The summed E-state index contributed by atoms with van der Waals surface area (Å²) in [6.07, 6.45) is 6.08. The van der Waals surface area contributed by atoms with E-state index in [0.717, 1.165) is 6.29 Å². The maximum atomic E-state index is 10.2. The quantitative estimate of drug-likeness (QED) is 0.482. The lowest BCUT2D eigenvalue weighted by atomic mass is 10.1. The molecule has 2 heteroatoms. The van der Waals surface area contributed by atoms with Gasteiger partial charge in [-0.05, 0) is 18.8 Å². The molecule has 0 aromatic rings. The summed E-state index contributed by atoms with van der Waals surface area (Å²) in [5, 5.41) is 0. The Hall–Kier alpha value is 0.150. The minimum atomic E-state index is 0.125. The first-order valence-corrected chi connectivity index (χ1v) is 4.35. The summed E-state index contributed by atoms with van der Waals surface area (Å²) in [6.45, 7) is 0. The van der Waals surface area contributed by atoms with E-state index in [2.05, 4.69) is 15.9 Å². The fourth-order valence-corrected chi connectivity index (χ4v) is 1.92. The van der Waals surface area contributed by atoms with Gasteiger partial charge in [-0.15, -0.1) is 0 Å². The summed E-state index contributed by atoms with van der Waals surface area (Å²) >= 11 is 3.34. The molecule has 0 aromatic carbocycles. The second-order valence-corrected chi connectivity index (χ2v) is 3.68. The molecule has 52 valence electrons. The largest absolute Gasteiger partial charge is 0.302 e. The Bertz CT molecular complexity index is 97.1. The van der Waals surface area contributed by atoms with Crippen LogP contribution in [0.2, 0.25) is 0 Å². The molecule has 0 heterocycles. The van der Waals surface area contributed by atoms with Crippen molar-refractivity contribution in [2.75, 3.05) is 0 Å². The van der Waals surface area contributed by atoms with E-state index in [4.69, 9.17) is 0 Å². The second-order valence-electron chi connectivity index (χ2n) is 2.63. The predicted octanol–water partition coefficient (Wildman–Crippen LogP) is 2.14. The van der Waals surface area contributed by atoms with Gasteiger partial charge in [0.05, 0.1) is 4.83 Å². The molecule has 0 unspecified atom stereocenters. The average Bonchev–Trinajstić information content (AvgIpc) is 2.37. The van der Waals surface area contributed by atoms with Crippen molar-refractivity contribution in [2.45, 2.75) is 30.5 Å². The van der Waals surface area contributed by atoms with Crippen molar-refractivity contribution in [2.24, 2.45) is 5.92 Å². The molecule has 1 nitrogen and oxygen atoms in total. The summed E-state index contributed by atoms with van der Waals surface area (Å²) in [6, 6.07) is 0. The summed E-state index contributed by atoms with van der Waals surface area (Å²) in [5.74, 6) is 0.627. The highest BCUT2D eigenvalue weighted by Crippen LogP contribution is 2.30. The van der Waals surface area contributed by atoms with Gasteiger partial charge >= 0.3 is 0 Å². The molecule has 0 amide bonds. The van der Waals surface area contributed by atoms with Gasteiger partial charge in [0.2, 0.25) is 0 Å². The van der Waals surface area contributed by atoms with Crippen LogP contribution in [0.4, 0.5) is 0 Å². The maximum Gasteiger partial charge on any atom is 0.133 e. The van der Waals surface area contributed by atoms with Crippen LogP contribution < -0.4 is 0 Å². The molecule has 1 saturated carbocycles. The van der Waals surface area contributed by atoms with Crippen LogP contribution in [0.5, 0.6) is 0 Å². The van der Waals surface area contributed by atoms with Crippen molar-refractivity contribution in [1.82, 2.24) is 0 Å². The van der Waals surface area contributed by atoms with Crippen molar-refractivity contribution in [3.8, 4) is 0 Å². The van der Waals surface area contributed by atoms with E-state index in [0.29, 0.717) is 5.92 Å². The number of carbonyl (C=O) groups is 1. The van der Waals surface area contributed by atoms with Gasteiger partial charge in [0.25, 0.3) is 0 Å². The van der Waals surface area contributed by atoms with Gasteiger partial charge in [0.1, 0.15) is 6.29 Å². The number of alkyl halides is 1. The van der Waals surface area contributed by atoms with Gasteiger partial charge in [0, 0.05) is 0 Å². The van der Waals surface area contributed by atoms with Crippen molar-refractivity contribution >= 4 is 22.2 Å². The fraction of sp³-hybridized carbons (Fsp3) is 0.857. The van der Waals surface area contributed by atoms with E-state index in [-0.39, 0.29) is 4.83 Å². The average molecular weight is 191 g/mol. The maximum absolute atomic E-state index is 10.2. The molecule has 0 aromatic heterocycles. The second kappa shape index (κ2) is 3.35. The lowest BCUT2D eigenvalue weighted by Crippen LogP contribution is -2.11. The molecule has 1 rings (SSSR count). The van der Waals surface area contributed by atoms with Crippen molar-refractivity contribution < 1.29 is 4.79 Å². The van der Waals surface area contributed by atoms with Crippen LogP contribution in [0.15, 0.2) is 0 Å². The summed E-state index contributed by atoms with van der Waals surface area (Å²) < 4.78 is 0. The van der Waals surface area contributed by atoms with Crippen LogP contribution >= 0.6 is 15.9 Å². The van der Waals surface area contributed by atoms with Gasteiger partial charge in [-0.1, -0.05) is 28.8 Å². The SMILES string of the molecule is O=C[C@@H](Br)C1CCCC1. The van der Waals surface area contributed by atoms with Gasteiger partial charge in [-0.25, -0.2) is 0 Å². The van der Waals surface area contributed by atoms with Gasteiger partial charge in [-0.2, -0.15) is 0 Å². The molecule has 1 fully saturated rings. The standard InChI is InChI=1S/C7H11BrO/c8-7(5-9)6-3-1-2-4-6/h5-7H,1-4H2/t7-/m1/s1. The summed E-state index contributed by atoms with van der Waals surface area (Å²) in [4.78, 5) is 10.4.